The highest BCUT2D eigenvalue weighted by molar-refractivity contribution is 9.10. The zero-order valence-electron chi connectivity index (χ0n) is 15.2. The molecule has 1 N–H and O–H groups in total. The lowest BCUT2D eigenvalue weighted by atomic mass is 9.77. The van der Waals surface area contributed by atoms with Crippen molar-refractivity contribution in [1.82, 2.24) is 10.2 Å². The Morgan fingerprint density at radius 3 is 2.50 bits per heavy atom. The van der Waals surface area contributed by atoms with Crippen molar-refractivity contribution < 1.29 is 18.4 Å². The monoisotopic (exact) mass is 475 g/mol. The third kappa shape index (κ3) is 3.66. The fraction of sp³-hybridized carbons (Fsp3) is 0.579. The summed E-state index contributed by atoms with van der Waals surface area (Å²) in [5, 5.41) is 2.14. The van der Waals surface area contributed by atoms with E-state index >= 15 is 0 Å². The highest BCUT2D eigenvalue weighted by atomic mass is 79.9. The second kappa shape index (κ2) is 7.54. The van der Waals surface area contributed by atoms with Crippen molar-refractivity contribution in [2.75, 3.05) is 31.1 Å². The van der Waals surface area contributed by atoms with Crippen LogP contribution in [0.3, 0.4) is 0 Å². The van der Waals surface area contributed by atoms with Gasteiger partial charge in [-0.1, -0.05) is 27.5 Å². The Balaban J connectivity index is 1.42. The molecule has 1 spiro atoms. The first kappa shape index (κ1) is 20.0. The number of hydrogen-bond acceptors (Lipinski definition) is 4. The van der Waals surface area contributed by atoms with Crippen LogP contribution in [-0.4, -0.2) is 53.8 Å². The number of nitrogens with zero attached hydrogens (tertiary/aromatic N) is 2. The summed E-state index contributed by atoms with van der Waals surface area (Å²) in [4.78, 5) is 27.3. The quantitative estimate of drug-likeness (QED) is 0.405. The number of carbonyl (C=O) groups is 2. The molecular weight excluding hydrogens is 456 g/mol. The van der Waals surface area contributed by atoms with E-state index in [9.17, 15) is 18.4 Å². The van der Waals surface area contributed by atoms with Crippen LogP contribution in [0.1, 0.15) is 25.7 Å². The molecule has 3 heterocycles. The fourth-order valence-electron chi connectivity index (χ4n) is 4.67. The van der Waals surface area contributed by atoms with Crippen LogP contribution in [0.15, 0.2) is 12.1 Å². The summed E-state index contributed by atoms with van der Waals surface area (Å²) in [6.45, 7) is 2.89. The molecule has 0 aromatic heterocycles. The predicted octanol–water partition coefficient (Wildman–Crippen LogP) is 3.09. The van der Waals surface area contributed by atoms with Gasteiger partial charge in [0.2, 0.25) is 11.8 Å². The van der Waals surface area contributed by atoms with Crippen molar-refractivity contribution in [2.45, 2.75) is 36.6 Å². The highest BCUT2D eigenvalue weighted by Gasteiger charge is 2.45. The normalized spacial score (nSPS) is 28.1. The summed E-state index contributed by atoms with van der Waals surface area (Å²) in [5.74, 6) is -1.64. The lowest BCUT2D eigenvalue weighted by Gasteiger charge is -2.44. The molecule has 28 heavy (non-hydrogen) atoms. The van der Waals surface area contributed by atoms with Gasteiger partial charge >= 0.3 is 0 Å². The van der Waals surface area contributed by atoms with Gasteiger partial charge in [0.15, 0.2) is 0 Å². The van der Waals surface area contributed by atoms with Gasteiger partial charge in [0, 0.05) is 31.6 Å². The molecule has 1 aromatic rings. The molecule has 0 radical (unpaired) electrons. The number of piperidine rings is 2. The van der Waals surface area contributed by atoms with Crippen molar-refractivity contribution in [3.63, 3.8) is 0 Å². The van der Waals surface area contributed by atoms with Crippen LogP contribution in [0.2, 0.25) is 5.02 Å². The van der Waals surface area contributed by atoms with Crippen LogP contribution in [0.5, 0.6) is 0 Å². The summed E-state index contributed by atoms with van der Waals surface area (Å²) < 4.78 is 28.1. The number of carbonyl (C=O) groups excluding carboxylic acids is 2. The molecule has 3 aliphatic heterocycles. The summed E-state index contributed by atoms with van der Waals surface area (Å²) >= 11 is 9.08. The average Bonchev–Trinajstić information content (AvgIpc) is 3.05. The van der Waals surface area contributed by atoms with E-state index in [2.05, 4.69) is 26.1 Å². The third-order valence-electron chi connectivity index (χ3n) is 6.34. The van der Waals surface area contributed by atoms with Crippen LogP contribution < -0.4 is 10.2 Å². The molecule has 4 rings (SSSR count). The second-order valence-corrected chi connectivity index (χ2v) is 9.40. The largest absolute Gasteiger partial charge is 0.369 e. The van der Waals surface area contributed by atoms with Gasteiger partial charge in [-0.15, -0.1) is 0 Å². The van der Waals surface area contributed by atoms with Crippen molar-refractivity contribution in [3.8, 4) is 0 Å². The van der Waals surface area contributed by atoms with Crippen LogP contribution in [0.25, 0.3) is 0 Å². The molecule has 1 aromatic carbocycles. The predicted molar refractivity (Wildman–Crippen MR) is 106 cm³/mol. The fourth-order valence-corrected chi connectivity index (χ4v) is 5.46. The van der Waals surface area contributed by atoms with Gasteiger partial charge in [0.1, 0.15) is 16.5 Å². The maximum Gasteiger partial charge on any atom is 0.241 e. The molecule has 0 aliphatic carbocycles. The molecule has 9 heteroatoms. The Morgan fingerprint density at radius 1 is 1.11 bits per heavy atom. The highest BCUT2D eigenvalue weighted by Crippen LogP contribution is 2.43. The van der Waals surface area contributed by atoms with Crippen molar-refractivity contribution >= 4 is 45.0 Å². The molecule has 3 fully saturated rings. The van der Waals surface area contributed by atoms with E-state index in [1.54, 1.807) is 0 Å². The average molecular weight is 477 g/mol. The van der Waals surface area contributed by atoms with Crippen LogP contribution in [0, 0.1) is 17.0 Å². The molecule has 2 amide bonds. The minimum Gasteiger partial charge on any atom is -0.369 e. The SMILES string of the molecule is O=C1CC(N2CCC3(CCN(c4cc(F)c(Cl)cc4F)C3)CC2)C(Br)C(=O)N1. The van der Waals surface area contributed by atoms with E-state index in [0.29, 0.717) is 19.5 Å². The van der Waals surface area contributed by atoms with Crippen LogP contribution >= 0.6 is 27.5 Å². The van der Waals surface area contributed by atoms with Gasteiger partial charge in [-0.05, 0) is 43.8 Å². The van der Waals surface area contributed by atoms with Gasteiger partial charge in [-0.2, -0.15) is 0 Å². The molecule has 0 saturated carbocycles. The van der Waals surface area contributed by atoms with Gasteiger partial charge in [0.05, 0.1) is 10.7 Å². The molecule has 152 valence electrons. The third-order valence-corrected chi connectivity index (χ3v) is 7.66. The van der Waals surface area contributed by atoms with Gasteiger partial charge in [0.25, 0.3) is 0 Å². The van der Waals surface area contributed by atoms with E-state index in [-0.39, 0.29) is 34.0 Å². The van der Waals surface area contributed by atoms with E-state index in [0.717, 1.165) is 38.4 Å². The van der Waals surface area contributed by atoms with E-state index < -0.39 is 16.5 Å². The molecule has 0 bridgehead atoms. The Morgan fingerprint density at radius 2 is 1.79 bits per heavy atom. The minimum absolute atomic E-state index is 0.0434. The number of likely N-dealkylation sites (tertiary alicyclic amines) is 1. The van der Waals surface area contributed by atoms with E-state index in [1.165, 1.54) is 6.07 Å². The molecule has 5 nitrogen and oxygen atoms in total. The topological polar surface area (TPSA) is 52.7 Å². The molecule has 3 saturated heterocycles. The first-order chi connectivity index (χ1) is 13.3. The summed E-state index contributed by atoms with van der Waals surface area (Å²) in [5.41, 5.74) is 0.304. The smallest absolute Gasteiger partial charge is 0.241 e. The number of nitrogens with one attached hydrogen (secondary N) is 1. The number of amides is 2. The lowest BCUT2D eigenvalue weighted by molar-refractivity contribution is -0.135. The maximum atomic E-state index is 14.3. The molecule has 3 aliphatic rings. The van der Waals surface area contributed by atoms with E-state index in [1.807, 2.05) is 4.90 Å². The Hall–Kier alpha value is -1.25. The number of benzene rings is 1. The van der Waals surface area contributed by atoms with Gasteiger partial charge in [-0.3, -0.25) is 19.8 Å². The summed E-state index contributed by atoms with van der Waals surface area (Å²) in [7, 11) is 0. The van der Waals surface area contributed by atoms with Crippen LogP contribution in [0.4, 0.5) is 14.5 Å². The Bertz CT molecular complexity index is 817. The first-order valence-electron chi connectivity index (χ1n) is 9.39. The number of anilines is 1. The summed E-state index contributed by atoms with van der Waals surface area (Å²) in [6, 6.07) is 2.06. The number of alkyl halides is 1. The number of rotatable bonds is 2. The van der Waals surface area contributed by atoms with Crippen molar-refractivity contribution in [3.05, 3.63) is 28.8 Å². The van der Waals surface area contributed by atoms with Gasteiger partial charge in [-0.25, -0.2) is 8.78 Å². The Labute approximate surface area is 175 Å². The number of imide groups is 1. The van der Waals surface area contributed by atoms with Crippen molar-refractivity contribution in [1.29, 1.82) is 0 Å². The summed E-state index contributed by atoms with van der Waals surface area (Å²) in [6.07, 6.45) is 3.00. The maximum absolute atomic E-state index is 14.3. The van der Waals surface area contributed by atoms with Gasteiger partial charge < -0.3 is 4.90 Å². The minimum atomic E-state index is -0.613. The molecule has 2 atom stereocenters. The standard InChI is InChI=1S/C19H21BrClF2N3O2/c20-17-15(9-16(27)24-18(17)28)25-4-1-19(2-5-25)3-6-26(10-19)14-8-12(22)11(21)7-13(14)23/h7-8,15,17H,1-6,9-10H2,(H,24,27,28). The molecular formula is C19H21BrClF2N3O2. The number of hydrogen-bond donors (Lipinski definition) is 1. The second-order valence-electron chi connectivity index (χ2n) is 8.01. The lowest BCUT2D eigenvalue weighted by Crippen LogP contribution is -2.58. The number of halogens is 4. The van der Waals surface area contributed by atoms with Crippen LogP contribution in [-0.2, 0) is 9.59 Å². The zero-order valence-corrected chi connectivity index (χ0v) is 17.5. The first-order valence-corrected chi connectivity index (χ1v) is 10.7. The zero-order chi connectivity index (χ0) is 20.1. The van der Waals surface area contributed by atoms with Crippen molar-refractivity contribution in [2.24, 2.45) is 5.41 Å². The Kier molecular flexibility index (Phi) is 5.39. The molecule has 2 unspecified atom stereocenters. The van der Waals surface area contributed by atoms with E-state index in [4.69, 9.17) is 11.6 Å².